The van der Waals surface area contributed by atoms with Crippen molar-refractivity contribution in [3.05, 3.63) is 11.7 Å². The Bertz CT molecular complexity index is 438. The van der Waals surface area contributed by atoms with Crippen LogP contribution in [0.2, 0.25) is 0 Å². The third-order valence-corrected chi connectivity index (χ3v) is 3.67. The van der Waals surface area contributed by atoms with Crippen molar-refractivity contribution in [3.8, 4) is 0 Å². The molecule has 1 atom stereocenters. The summed E-state index contributed by atoms with van der Waals surface area (Å²) in [5, 5.41) is 6.67. The van der Waals surface area contributed by atoms with Gasteiger partial charge in [-0.05, 0) is 25.2 Å². The second-order valence-corrected chi connectivity index (χ2v) is 5.98. The van der Waals surface area contributed by atoms with E-state index in [1.54, 1.807) is 0 Å². The molecule has 6 nitrogen and oxygen atoms in total. The molecule has 0 radical (unpaired) electrons. The number of amides is 1. The first kappa shape index (κ1) is 15.0. The molecule has 1 aliphatic rings. The molecule has 6 heteroatoms. The zero-order chi connectivity index (χ0) is 14.5. The molecule has 1 aromatic heterocycles. The maximum absolute atomic E-state index is 11.8. The minimum absolute atomic E-state index is 0.161. The summed E-state index contributed by atoms with van der Waals surface area (Å²) in [6.07, 6.45) is 5.36. The Morgan fingerprint density at radius 3 is 2.80 bits per heavy atom. The molecule has 0 bridgehead atoms. The van der Waals surface area contributed by atoms with Gasteiger partial charge in [0, 0.05) is 5.92 Å². The fraction of sp³-hybridized carbons (Fsp3) is 0.786. The lowest BCUT2D eigenvalue weighted by Crippen LogP contribution is -2.41. The average Bonchev–Trinajstić information content (AvgIpc) is 3.05. The number of hydrogen-bond acceptors (Lipinski definition) is 5. The molecule has 0 spiro atoms. The number of carbonyl (C=O) groups is 1. The highest BCUT2D eigenvalue weighted by Gasteiger charge is 2.23. The van der Waals surface area contributed by atoms with E-state index in [1.165, 1.54) is 12.8 Å². The van der Waals surface area contributed by atoms with Crippen molar-refractivity contribution in [1.29, 1.82) is 0 Å². The highest BCUT2D eigenvalue weighted by atomic mass is 16.5. The van der Waals surface area contributed by atoms with E-state index in [2.05, 4.69) is 15.5 Å². The van der Waals surface area contributed by atoms with E-state index in [9.17, 15) is 4.79 Å². The van der Waals surface area contributed by atoms with Crippen LogP contribution < -0.4 is 11.1 Å². The normalized spacial score (nSPS) is 17.6. The molecule has 0 aromatic carbocycles. The fourth-order valence-electron chi connectivity index (χ4n) is 2.59. The van der Waals surface area contributed by atoms with Crippen molar-refractivity contribution in [3.63, 3.8) is 0 Å². The monoisotopic (exact) mass is 280 g/mol. The Balaban J connectivity index is 1.80. The Hall–Kier alpha value is -1.43. The van der Waals surface area contributed by atoms with Gasteiger partial charge in [0.2, 0.25) is 11.8 Å². The van der Waals surface area contributed by atoms with E-state index in [1.807, 2.05) is 13.8 Å². The van der Waals surface area contributed by atoms with Gasteiger partial charge in [-0.1, -0.05) is 31.8 Å². The van der Waals surface area contributed by atoms with Crippen LogP contribution in [0.1, 0.15) is 63.6 Å². The highest BCUT2D eigenvalue weighted by molar-refractivity contribution is 5.81. The summed E-state index contributed by atoms with van der Waals surface area (Å²) in [6.45, 7) is 4.36. The van der Waals surface area contributed by atoms with E-state index in [4.69, 9.17) is 10.3 Å². The summed E-state index contributed by atoms with van der Waals surface area (Å²) in [5.41, 5.74) is 5.81. The first-order valence-corrected chi connectivity index (χ1v) is 7.42. The average molecular weight is 280 g/mol. The molecule has 2 rings (SSSR count). The first-order chi connectivity index (χ1) is 9.56. The molecule has 1 fully saturated rings. The van der Waals surface area contributed by atoms with Gasteiger partial charge in [-0.2, -0.15) is 4.98 Å². The second-order valence-electron chi connectivity index (χ2n) is 5.98. The predicted molar refractivity (Wildman–Crippen MR) is 74.8 cm³/mol. The summed E-state index contributed by atoms with van der Waals surface area (Å²) in [7, 11) is 0. The van der Waals surface area contributed by atoms with Gasteiger partial charge < -0.3 is 15.6 Å². The van der Waals surface area contributed by atoms with Gasteiger partial charge in [-0.3, -0.25) is 4.79 Å². The fourth-order valence-corrected chi connectivity index (χ4v) is 2.59. The molecule has 1 aliphatic carbocycles. The molecule has 1 aromatic rings. The van der Waals surface area contributed by atoms with Crippen LogP contribution in [0.3, 0.4) is 0 Å². The zero-order valence-electron chi connectivity index (χ0n) is 12.3. The van der Waals surface area contributed by atoms with Crippen molar-refractivity contribution in [2.75, 3.05) is 0 Å². The van der Waals surface area contributed by atoms with E-state index in [0.29, 0.717) is 30.0 Å². The lowest BCUT2D eigenvalue weighted by molar-refractivity contribution is -0.122. The van der Waals surface area contributed by atoms with Gasteiger partial charge >= 0.3 is 0 Å². The van der Waals surface area contributed by atoms with Gasteiger partial charge in [0.15, 0.2) is 5.82 Å². The maximum Gasteiger partial charge on any atom is 0.237 e. The number of aromatic nitrogens is 2. The lowest BCUT2D eigenvalue weighted by atomic mass is 10.0. The van der Waals surface area contributed by atoms with Crippen LogP contribution in [-0.4, -0.2) is 22.1 Å². The van der Waals surface area contributed by atoms with Crippen LogP contribution in [0.4, 0.5) is 0 Å². The topological polar surface area (TPSA) is 94.0 Å². The van der Waals surface area contributed by atoms with Crippen molar-refractivity contribution in [1.82, 2.24) is 15.5 Å². The standard InChI is InChI=1S/C14H24N4O2/c1-9(2)7-11(15)13(19)16-8-12-17-14(20-18-12)10-5-3-4-6-10/h9-11H,3-8,15H2,1-2H3,(H,16,19)/t11-/m1/s1. The Kier molecular flexibility index (Phi) is 5.11. The SMILES string of the molecule is CC(C)C[C@@H](N)C(=O)NCc1noc(C2CCCC2)n1. The molecule has 1 amide bonds. The second kappa shape index (κ2) is 6.83. The smallest absolute Gasteiger partial charge is 0.237 e. The van der Waals surface area contributed by atoms with Gasteiger partial charge in [0.05, 0.1) is 12.6 Å². The van der Waals surface area contributed by atoms with Crippen LogP contribution in [0.25, 0.3) is 0 Å². The maximum atomic E-state index is 11.8. The summed E-state index contributed by atoms with van der Waals surface area (Å²) in [4.78, 5) is 16.1. The Morgan fingerprint density at radius 2 is 2.15 bits per heavy atom. The summed E-state index contributed by atoms with van der Waals surface area (Å²) < 4.78 is 5.26. The summed E-state index contributed by atoms with van der Waals surface area (Å²) in [6, 6.07) is -0.476. The van der Waals surface area contributed by atoms with E-state index in [0.717, 1.165) is 12.8 Å². The number of nitrogens with one attached hydrogen (secondary N) is 1. The number of nitrogens with two attached hydrogens (primary N) is 1. The van der Waals surface area contributed by atoms with Gasteiger partial charge in [0.25, 0.3) is 0 Å². The third-order valence-electron chi connectivity index (χ3n) is 3.67. The largest absolute Gasteiger partial charge is 0.347 e. The Morgan fingerprint density at radius 1 is 1.45 bits per heavy atom. The summed E-state index contributed by atoms with van der Waals surface area (Å²) in [5.74, 6) is 1.87. The molecule has 112 valence electrons. The van der Waals surface area contributed by atoms with Crippen LogP contribution in [0, 0.1) is 5.92 Å². The van der Waals surface area contributed by atoms with Crippen LogP contribution in [-0.2, 0) is 11.3 Å². The van der Waals surface area contributed by atoms with Crippen molar-refractivity contribution < 1.29 is 9.32 Å². The van der Waals surface area contributed by atoms with Crippen molar-refractivity contribution in [2.45, 2.75) is 64.5 Å². The molecule has 20 heavy (non-hydrogen) atoms. The van der Waals surface area contributed by atoms with Gasteiger partial charge in [-0.25, -0.2) is 0 Å². The molecular weight excluding hydrogens is 256 g/mol. The van der Waals surface area contributed by atoms with Crippen LogP contribution >= 0.6 is 0 Å². The van der Waals surface area contributed by atoms with Gasteiger partial charge in [0.1, 0.15) is 0 Å². The van der Waals surface area contributed by atoms with E-state index < -0.39 is 6.04 Å². The van der Waals surface area contributed by atoms with Crippen LogP contribution in [0.5, 0.6) is 0 Å². The highest BCUT2D eigenvalue weighted by Crippen LogP contribution is 2.32. The molecular formula is C14H24N4O2. The van der Waals surface area contributed by atoms with Crippen molar-refractivity contribution in [2.24, 2.45) is 11.7 Å². The van der Waals surface area contributed by atoms with Crippen molar-refractivity contribution >= 4 is 5.91 Å². The molecule has 1 heterocycles. The number of nitrogens with zero attached hydrogens (tertiary/aromatic N) is 2. The number of rotatable bonds is 6. The molecule has 0 aliphatic heterocycles. The molecule has 3 N–H and O–H groups in total. The first-order valence-electron chi connectivity index (χ1n) is 7.42. The van der Waals surface area contributed by atoms with Gasteiger partial charge in [-0.15, -0.1) is 0 Å². The Labute approximate surface area is 119 Å². The molecule has 1 saturated carbocycles. The molecule has 0 unspecified atom stereocenters. The molecule has 0 saturated heterocycles. The predicted octanol–water partition coefficient (Wildman–Crippen LogP) is 1.72. The third kappa shape index (κ3) is 4.03. The quantitative estimate of drug-likeness (QED) is 0.827. The zero-order valence-corrected chi connectivity index (χ0v) is 12.3. The number of hydrogen-bond donors (Lipinski definition) is 2. The summed E-state index contributed by atoms with van der Waals surface area (Å²) >= 11 is 0. The van der Waals surface area contributed by atoms with E-state index >= 15 is 0 Å². The van der Waals surface area contributed by atoms with Crippen LogP contribution in [0.15, 0.2) is 4.52 Å². The lowest BCUT2D eigenvalue weighted by Gasteiger charge is -2.13. The minimum atomic E-state index is -0.476. The number of carbonyl (C=O) groups excluding carboxylic acids is 1. The minimum Gasteiger partial charge on any atom is -0.347 e. The van der Waals surface area contributed by atoms with E-state index in [-0.39, 0.29) is 12.5 Å².